The second kappa shape index (κ2) is 9.53. The molecule has 2 atom stereocenters. The number of benzene rings is 1. The molecule has 120 valence electrons. The van der Waals surface area contributed by atoms with Crippen molar-refractivity contribution < 1.29 is 0 Å². The predicted octanol–water partition coefficient (Wildman–Crippen LogP) is 5.63. The zero-order chi connectivity index (χ0) is 15.8. The van der Waals surface area contributed by atoms with Crippen LogP contribution in [-0.2, 0) is 0 Å². The van der Waals surface area contributed by atoms with Crippen LogP contribution in [0.25, 0.3) is 0 Å². The second-order valence-electron chi connectivity index (χ2n) is 6.61. The highest BCUT2D eigenvalue weighted by molar-refractivity contribution is 7.99. The average Bonchev–Trinajstić information content (AvgIpc) is 2.47. The number of thioether (sulfide) groups is 1. The number of nitrogens with one attached hydrogen (secondary N) is 1. The summed E-state index contributed by atoms with van der Waals surface area (Å²) in [6.45, 7) is 14.8. The lowest BCUT2D eigenvalue weighted by atomic mass is 9.99. The van der Waals surface area contributed by atoms with Gasteiger partial charge in [0.05, 0.1) is 0 Å². The zero-order valence-corrected chi connectivity index (χ0v) is 15.5. The van der Waals surface area contributed by atoms with Gasteiger partial charge in [-0.3, -0.25) is 0 Å². The Morgan fingerprint density at radius 3 is 2.00 bits per heavy atom. The van der Waals surface area contributed by atoms with Crippen LogP contribution in [-0.4, -0.2) is 17.5 Å². The first-order valence-corrected chi connectivity index (χ1v) is 9.45. The van der Waals surface area contributed by atoms with Crippen LogP contribution in [0.3, 0.4) is 0 Å². The molecule has 0 spiro atoms. The molecule has 0 aromatic heterocycles. The van der Waals surface area contributed by atoms with Crippen molar-refractivity contribution in [3.63, 3.8) is 0 Å². The van der Waals surface area contributed by atoms with Gasteiger partial charge in [0.25, 0.3) is 0 Å². The van der Waals surface area contributed by atoms with Gasteiger partial charge < -0.3 is 5.32 Å². The zero-order valence-electron chi connectivity index (χ0n) is 14.6. The Balaban J connectivity index is 2.71. The van der Waals surface area contributed by atoms with Gasteiger partial charge in [0.2, 0.25) is 0 Å². The number of rotatable bonds is 9. The Hall–Kier alpha value is -0.470. The van der Waals surface area contributed by atoms with Crippen molar-refractivity contribution in [1.82, 2.24) is 5.32 Å². The highest BCUT2D eigenvalue weighted by Crippen LogP contribution is 2.26. The van der Waals surface area contributed by atoms with Gasteiger partial charge in [0, 0.05) is 17.0 Å². The van der Waals surface area contributed by atoms with E-state index in [4.69, 9.17) is 0 Å². The van der Waals surface area contributed by atoms with Gasteiger partial charge in [-0.15, -0.1) is 0 Å². The lowest BCUT2D eigenvalue weighted by Crippen LogP contribution is -2.25. The van der Waals surface area contributed by atoms with Crippen LogP contribution in [0, 0.1) is 5.92 Å². The Kier molecular flexibility index (Phi) is 8.43. The van der Waals surface area contributed by atoms with E-state index in [1.807, 2.05) is 0 Å². The van der Waals surface area contributed by atoms with E-state index in [0.29, 0.717) is 17.2 Å². The maximum Gasteiger partial charge on any atom is 0.0411 e. The molecule has 1 aromatic carbocycles. The summed E-state index contributed by atoms with van der Waals surface area (Å²) in [6.07, 6.45) is 1.19. The first kappa shape index (κ1) is 18.6. The van der Waals surface area contributed by atoms with Gasteiger partial charge in [0.15, 0.2) is 0 Å². The van der Waals surface area contributed by atoms with Crippen molar-refractivity contribution in [2.45, 2.75) is 65.2 Å². The molecule has 0 saturated heterocycles. The molecule has 2 heteroatoms. The summed E-state index contributed by atoms with van der Waals surface area (Å²) in [4.78, 5) is 0. The van der Waals surface area contributed by atoms with Crippen LogP contribution in [0.2, 0.25) is 0 Å². The third-order valence-corrected chi connectivity index (χ3v) is 5.71. The monoisotopic (exact) mass is 307 g/mol. The highest BCUT2D eigenvalue weighted by Gasteiger charge is 2.15. The quantitative estimate of drug-likeness (QED) is 0.634. The predicted molar refractivity (Wildman–Crippen MR) is 98.3 cm³/mol. The molecule has 0 aliphatic carbocycles. The second-order valence-corrected chi connectivity index (χ2v) is 8.02. The van der Waals surface area contributed by atoms with E-state index < -0.39 is 0 Å². The van der Waals surface area contributed by atoms with Crippen LogP contribution in [0.1, 0.15) is 71.0 Å². The molecule has 0 amide bonds. The van der Waals surface area contributed by atoms with E-state index in [9.17, 15) is 0 Å². The van der Waals surface area contributed by atoms with Crippen LogP contribution in [0.5, 0.6) is 0 Å². The normalized spacial score (nSPS) is 14.7. The smallest absolute Gasteiger partial charge is 0.0411 e. The molecule has 1 aromatic rings. The third-order valence-electron chi connectivity index (χ3n) is 4.11. The van der Waals surface area contributed by atoms with E-state index >= 15 is 0 Å². The lowest BCUT2D eigenvalue weighted by molar-refractivity contribution is 0.573. The molecular weight excluding hydrogens is 274 g/mol. The van der Waals surface area contributed by atoms with Crippen molar-refractivity contribution >= 4 is 11.8 Å². The molecule has 0 aliphatic rings. The van der Waals surface area contributed by atoms with Gasteiger partial charge in [0.1, 0.15) is 0 Å². The van der Waals surface area contributed by atoms with Gasteiger partial charge in [-0.1, -0.05) is 65.8 Å². The van der Waals surface area contributed by atoms with Gasteiger partial charge >= 0.3 is 0 Å². The summed E-state index contributed by atoms with van der Waals surface area (Å²) in [6, 6.07) is 9.67. The SMILES string of the molecule is CCCNC(CSC(C)C(C)C)c1ccc(C(C)C)cc1. The number of hydrogen-bond donors (Lipinski definition) is 1. The van der Waals surface area contributed by atoms with Crippen LogP contribution < -0.4 is 5.32 Å². The van der Waals surface area contributed by atoms with Gasteiger partial charge in [-0.2, -0.15) is 11.8 Å². The largest absolute Gasteiger partial charge is 0.309 e. The lowest BCUT2D eigenvalue weighted by Gasteiger charge is -2.23. The summed E-state index contributed by atoms with van der Waals surface area (Å²) in [5, 5.41) is 4.42. The molecule has 0 bridgehead atoms. The van der Waals surface area contributed by atoms with Crippen LogP contribution >= 0.6 is 11.8 Å². The van der Waals surface area contributed by atoms with Gasteiger partial charge in [-0.05, 0) is 35.9 Å². The summed E-state index contributed by atoms with van der Waals surface area (Å²) in [5.74, 6) is 2.50. The van der Waals surface area contributed by atoms with E-state index in [0.717, 1.165) is 18.2 Å². The molecule has 0 saturated carbocycles. The van der Waals surface area contributed by atoms with Crippen LogP contribution in [0.4, 0.5) is 0 Å². The standard InChI is InChI=1S/C19H33NS/c1-7-12-20-19(13-21-16(6)14(2)3)18-10-8-17(9-11-18)15(4)5/h8-11,14-16,19-20H,7,12-13H2,1-6H3. The minimum atomic E-state index is 0.470. The maximum absolute atomic E-state index is 3.71. The molecule has 1 rings (SSSR count). The fraction of sp³-hybridized carbons (Fsp3) is 0.684. The summed E-state index contributed by atoms with van der Waals surface area (Å²) in [7, 11) is 0. The summed E-state index contributed by atoms with van der Waals surface area (Å²) < 4.78 is 0. The van der Waals surface area contributed by atoms with Crippen molar-refractivity contribution in [3.05, 3.63) is 35.4 Å². The minimum Gasteiger partial charge on any atom is -0.309 e. The Bertz CT molecular complexity index is 383. The Morgan fingerprint density at radius 2 is 1.52 bits per heavy atom. The van der Waals surface area contributed by atoms with Crippen LogP contribution in [0.15, 0.2) is 24.3 Å². The fourth-order valence-electron chi connectivity index (χ4n) is 2.15. The molecule has 0 heterocycles. The van der Waals surface area contributed by atoms with E-state index in [2.05, 4.69) is 82.9 Å². The average molecular weight is 308 g/mol. The molecule has 2 unspecified atom stereocenters. The molecule has 0 aliphatic heterocycles. The highest BCUT2D eigenvalue weighted by atomic mass is 32.2. The van der Waals surface area contributed by atoms with Gasteiger partial charge in [-0.25, -0.2) is 0 Å². The van der Waals surface area contributed by atoms with E-state index in [1.165, 1.54) is 17.5 Å². The summed E-state index contributed by atoms with van der Waals surface area (Å²) in [5.41, 5.74) is 2.85. The molecule has 1 nitrogen and oxygen atoms in total. The third kappa shape index (κ3) is 6.44. The molecule has 0 radical (unpaired) electrons. The molecule has 1 N–H and O–H groups in total. The maximum atomic E-state index is 3.71. The Labute approximate surface area is 136 Å². The fourth-order valence-corrected chi connectivity index (χ4v) is 3.34. The number of hydrogen-bond acceptors (Lipinski definition) is 2. The molecule has 0 fully saturated rings. The summed E-state index contributed by atoms with van der Waals surface area (Å²) >= 11 is 2.09. The van der Waals surface area contributed by atoms with Crippen molar-refractivity contribution in [2.75, 3.05) is 12.3 Å². The van der Waals surface area contributed by atoms with E-state index in [-0.39, 0.29) is 0 Å². The topological polar surface area (TPSA) is 12.0 Å². The first-order chi connectivity index (χ1) is 9.95. The minimum absolute atomic E-state index is 0.470. The van der Waals surface area contributed by atoms with Crippen molar-refractivity contribution in [2.24, 2.45) is 5.92 Å². The molecule has 21 heavy (non-hydrogen) atoms. The molecular formula is C19H33NS. The Morgan fingerprint density at radius 1 is 0.952 bits per heavy atom. The first-order valence-electron chi connectivity index (χ1n) is 8.40. The van der Waals surface area contributed by atoms with Crippen molar-refractivity contribution in [3.8, 4) is 0 Å². The van der Waals surface area contributed by atoms with Crippen molar-refractivity contribution in [1.29, 1.82) is 0 Å². The van der Waals surface area contributed by atoms with E-state index in [1.54, 1.807) is 0 Å².